The maximum absolute atomic E-state index is 13.7. The maximum Gasteiger partial charge on any atom is 0.233 e. The first kappa shape index (κ1) is 14.8. The van der Waals surface area contributed by atoms with Crippen LogP contribution >= 0.6 is 0 Å². The molecule has 21 heavy (non-hydrogen) atoms. The number of hydrogen-bond donors (Lipinski definition) is 2. The van der Waals surface area contributed by atoms with Gasteiger partial charge < -0.3 is 20.3 Å². The number of anilines is 4. The van der Waals surface area contributed by atoms with Crippen molar-refractivity contribution in [3.8, 4) is 5.75 Å². The van der Waals surface area contributed by atoms with Crippen molar-refractivity contribution in [2.45, 2.75) is 0 Å². The summed E-state index contributed by atoms with van der Waals surface area (Å²) in [5, 5.41) is 5.80. The molecule has 1 aromatic heterocycles. The summed E-state index contributed by atoms with van der Waals surface area (Å²) in [6.07, 6.45) is 0. The third kappa shape index (κ3) is 3.47. The summed E-state index contributed by atoms with van der Waals surface area (Å²) in [5.74, 6) is 0.956. The first-order chi connectivity index (χ1) is 10.0. The van der Waals surface area contributed by atoms with Gasteiger partial charge in [0.2, 0.25) is 17.8 Å². The average Bonchev–Trinajstić information content (AvgIpc) is 2.47. The molecule has 0 fully saturated rings. The molecule has 0 aliphatic carbocycles. The summed E-state index contributed by atoms with van der Waals surface area (Å²) >= 11 is 0. The SMILES string of the molecule is CNc1nc(Nc2ccc(OC)c(F)c2)nc(N(C)C)n1. The standard InChI is InChI=1S/C13H17FN6O/c1-15-11-17-12(19-13(18-11)20(2)3)16-8-5-6-10(21-4)9(14)7-8/h5-7H,1-4H3,(H2,15,16,17,18,19). The van der Waals surface area contributed by atoms with Gasteiger partial charge >= 0.3 is 0 Å². The van der Waals surface area contributed by atoms with Gasteiger partial charge in [-0.05, 0) is 12.1 Å². The molecule has 2 aromatic rings. The van der Waals surface area contributed by atoms with Gasteiger partial charge in [-0.1, -0.05) is 0 Å². The van der Waals surface area contributed by atoms with Crippen molar-refractivity contribution in [1.82, 2.24) is 15.0 Å². The zero-order chi connectivity index (χ0) is 15.4. The number of benzene rings is 1. The smallest absolute Gasteiger partial charge is 0.233 e. The van der Waals surface area contributed by atoms with Crippen molar-refractivity contribution in [2.24, 2.45) is 0 Å². The second kappa shape index (κ2) is 6.21. The minimum atomic E-state index is -0.460. The lowest BCUT2D eigenvalue weighted by atomic mass is 10.3. The van der Waals surface area contributed by atoms with Gasteiger partial charge in [-0.2, -0.15) is 15.0 Å². The minimum absolute atomic E-state index is 0.182. The maximum atomic E-state index is 13.7. The first-order valence-electron chi connectivity index (χ1n) is 6.25. The molecule has 0 saturated carbocycles. The van der Waals surface area contributed by atoms with Gasteiger partial charge in [0.25, 0.3) is 0 Å². The highest BCUT2D eigenvalue weighted by atomic mass is 19.1. The number of nitrogens with one attached hydrogen (secondary N) is 2. The van der Waals surface area contributed by atoms with Crippen LogP contribution in [0.2, 0.25) is 0 Å². The van der Waals surface area contributed by atoms with Crippen molar-refractivity contribution in [3.63, 3.8) is 0 Å². The van der Waals surface area contributed by atoms with Gasteiger partial charge in [-0.25, -0.2) is 4.39 Å². The molecule has 0 atom stereocenters. The van der Waals surface area contributed by atoms with E-state index in [1.54, 1.807) is 18.0 Å². The quantitative estimate of drug-likeness (QED) is 0.871. The van der Waals surface area contributed by atoms with E-state index in [2.05, 4.69) is 25.6 Å². The molecule has 112 valence electrons. The van der Waals surface area contributed by atoms with Gasteiger partial charge in [0.05, 0.1) is 7.11 Å². The molecular weight excluding hydrogens is 275 g/mol. The molecule has 2 rings (SSSR count). The number of methoxy groups -OCH3 is 1. The van der Waals surface area contributed by atoms with E-state index in [1.165, 1.54) is 19.2 Å². The highest BCUT2D eigenvalue weighted by molar-refractivity contribution is 5.57. The zero-order valence-corrected chi connectivity index (χ0v) is 12.3. The van der Waals surface area contributed by atoms with Crippen LogP contribution < -0.4 is 20.3 Å². The Labute approximate surface area is 122 Å². The van der Waals surface area contributed by atoms with Gasteiger partial charge in [-0.3, -0.25) is 0 Å². The van der Waals surface area contributed by atoms with Crippen molar-refractivity contribution < 1.29 is 9.13 Å². The van der Waals surface area contributed by atoms with Crippen molar-refractivity contribution in [2.75, 3.05) is 43.8 Å². The summed E-state index contributed by atoms with van der Waals surface area (Å²) in [7, 11) is 6.78. The minimum Gasteiger partial charge on any atom is -0.494 e. The number of rotatable bonds is 5. The van der Waals surface area contributed by atoms with Crippen molar-refractivity contribution in [3.05, 3.63) is 24.0 Å². The molecular formula is C13H17FN6O. The Kier molecular flexibility index (Phi) is 4.36. The lowest BCUT2D eigenvalue weighted by Crippen LogP contribution is -2.15. The predicted octanol–water partition coefficient (Wildman–Crippen LogP) is 1.87. The topological polar surface area (TPSA) is 75.2 Å². The van der Waals surface area contributed by atoms with Crippen LogP contribution in [0.25, 0.3) is 0 Å². The van der Waals surface area contributed by atoms with E-state index >= 15 is 0 Å². The van der Waals surface area contributed by atoms with Crippen LogP contribution in [0.5, 0.6) is 5.75 Å². The Morgan fingerprint density at radius 1 is 1.14 bits per heavy atom. The zero-order valence-electron chi connectivity index (χ0n) is 12.3. The molecule has 0 bridgehead atoms. The van der Waals surface area contributed by atoms with Gasteiger partial charge in [0.15, 0.2) is 11.6 Å². The van der Waals surface area contributed by atoms with E-state index in [-0.39, 0.29) is 5.75 Å². The van der Waals surface area contributed by atoms with Crippen LogP contribution in [0.15, 0.2) is 18.2 Å². The van der Waals surface area contributed by atoms with Crippen LogP contribution in [-0.4, -0.2) is 43.2 Å². The van der Waals surface area contributed by atoms with E-state index < -0.39 is 5.82 Å². The molecule has 2 N–H and O–H groups in total. The Morgan fingerprint density at radius 3 is 2.43 bits per heavy atom. The Morgan fingerprint density at radius 2 is 1.86 bits per heavy atom. The van der Waals surface area contributed by atoms with Crippen molar-refractivity contribution >= 4 is 23.5 Å². The number of ether oxygens (including phenoxy) is 1. The molecule has 7 nitrogen and oxygen atoms in total. The average molecular weight is 292 g/mol. The van der Waals surface area contributed by atoms with E-state index in [0.717, 1.165) is 0 Å². The van der Waals surface area contributed by atoms with Gasteiger partial charge in [0.1, 0.15) is 0 Å². The van der Waals surface area contributed by atoms with E-state index in [4.69, 9.17) is 4.74 Å². The third-order valence-corrected chi connectivity index (χ3v) is 2.66. The molecule has 0 spiro atoms. The molecule has 1 heterocycles. The molecule has 1 aromatic carbocycles. The van der Waals surface area contributed by atoms with Crippen LogP contribution in [0, 0.1) is 5.82 Å². The first-order valence-corrected chi connectivity index (χ1v) is 6.25. The lowest BCUT2D eigenvalue weighted by molar-refractivity contribution is 0.386. The van der Waals surface area contributed by atoms with E-state index in [9.17, 15) is 4.39 Å². The predicted molar refractivity (Wildman–Crippen MR) is 79.9 cm³/mol. The molecule has 0 radical (unpaired) electrons. The monoisotopic (exact) mass is 292 g/mol. The van der Waals surface area contributed by atoms with Crippen LogP contribution in [-0.2, 0) is 0 Å². The number of hydrogen-bond acceptors (Lipinski definition) is 7. The Hall–Kier alpha value is -2.64. The Bertz CT molecular complexity index is 634. The van der Waals surface area contributed by atoms with Crippen LogP contribution in [0.1, 0.15) is 0 Å². The molecule has 0 unspecified atom stereocenters. The summed E-state index contributed by atoms with van der Waals surface area (Å²) in [6.45, 7) is 0. The summed E-state index contributed by atoms with van der Waals surface area (Å²) in [4.78, 5) is 14.4. The molecule has 8 heteroatoms. The fourth-order valence-corrected chi connectivity index (χ4v) is 1.61. The molecule has 0 aliphatic rings. The van der Waals surface area contributed by atoms with E-state index in [0.29, 0.717) is 23.5 Å². The van der Waals surface area contributed by atoms with Crippen LogP contribution in [0.4, 0.5) is 27.9 Å². The summed E-state index contributed by atoms with van der Waals surface area (Å²) < 4.78 is 18.5. The summed E-state index contributed by atoms with van der Waals surface area (Å²) in [6, 6.07) is 4.53. The molecule has 0 aliphatic heterocycles. The highest BCUT2D eigenvalue weighted by Gasteiger charge is 2.09. The van der Waals surface area contributed by atoms with E-state index in [1.807, 2.05) is 14.1 Å². The van der Waals surface area contributed by atoms with Crippen molar-refractivity contribution in [1.29, 1.82) is 0 Å². The summed E-state index contributed by atoms with van der Waals surface area (Å²) in [5.41, 5.74) is 0.520. The fourth-order valence-electron chi connectivity index (χ4n) is 1.61. The fraction of sp³-hybridized carbons (Fsp3) is 0.308. The Balaban J connectivity index is 2.30. The number of halogens is 1. The normalized spacial score (nSPS) is 10.1. The lowest BCUT2D eigenvalue weighted by Gasteiger charge is -2.13. The molecule has 0 amide bonds. The largest absolute Gasteiger partial charge is 0.494 e. The second-order valence-electron chi connectivity index (χ2n) is 4.40. The van der Waals surface area contributed by atoms with Crippen LogP contribution in [0.3, 0.4) is 0 Å². The highest BCUT2D eigenvalue weighted by Crippen LogP contribution is 2.23. The number of aromatic nitrogens is 3. The second-order valence-corrected chi connectivity index (χ2v) is 4.40. The molecule has 0 saturated heterocycles. The van der Waals surface area contributed by atoms with Gasteiger partial charge in [-0.15, -0.1) is 0 Å². The number of nitrogens with zero attached hydrogens (tertiary/aromatic N) is 4. The van der Waals surface area contributed by atoms with Gasteiger partial charge in [0, 0.05) is 32.9 Å². The third-order valence-electron chi connectivity index (χ3n) is 2.66.